The van der Waals surface area contributed by atoms with Crippen LogP contribution in [0.15, 0.2) is 30.5 Å². The van der Waals surface area contributed by atoms with Crippen LogP contribution < -0.4 is 4.74 Å². The number of pyridine rings is 1. The van der Waals surface area contributed by atoms with Crippen molar-refractivity contribution in [3.63, 3.8) is 0 Å². The number of rotatable bonds is 3. The maximum absolute atomic E-state index is 10.7. The van der Waals surface area contributed by atoms with Gasteiger partial charge in [-0.05, 0) is 38.0 Å². The molecule has 0 unspecified atom stereocenters. The van der Waals surface area contributed by atoms with Crippen LogP contribution in [0.2, 0.25) is 0 Å². The van der Waals surface area contributed by atoms with Gasteiger partial charge < -0.3 is 9.84 Å². The number of hydrogen-bond donors (Lipinski definition) is 1. The molecule has 0 bridgehead atoms. The summed E-state index contributed by atoms with van der Waals surface area (Å²) in [7, 11) is 0. The van der Waals surface area contributed by atoms with Gasteiger partial charge in [-0.2, -0.15) is 0 Å². The minimum Gasteiger partial charge on any atom is -0.478 e. The normalized spacial score (nSPS) is 10.3. The van der Waals surface area contributed by atoms with Crippen LogP contribution in [0.1, 0.15) is 27.0 Å². The third-order valence-corrected chi connectivity index (χ3v) is 2.79. The Kier molecular flexibility index (Phi) is 3.51. The quantitative estimate of drug-likeness (QED) is 0.914. The Morgan fingerprint density at radius 1 is 1.16 bits per heavy atom. The van der Waals surface area contributed by atoms with Crippen molar-refractivity contribution in [2.75, 3.05) is 0 Å². The number of benzene rings is 1. The number of nitrogens with zero attached hydrogens (tertiary/aromatic N) is 1. The van der Waals surface area contributed by atoms with E-state index in [4.69, 9.17) is 9.84 Å². The smallest absolute Gasteiger partial charge is 0.337 e. The topological polar surface area (TPSA) is 59.4 Å². The van der Waals surface area contributed by atoms with Gasteiger partial charge in [-0.1, -0.05) is 17.7 Å². The molecule has 1 heterocycles. The highest BCUT2D eigenvalue weighted by atomic mass is 16.5. The number of carbonyl (C=O) groups is 1. The molecule has 0 saturated heterocycles. The zero-order valence-corrected chi connectivity index (χ0v) is 11.1. The fraction of sp³-hybridized carbons (Fsp3) is 0.200. The molecule has 19 heavy (non-hydrogen) atoms. The Bertz CT molecular complexity index is 595. The van der Waals surface area contributed by atoms with Crippen molar-refractivity contribution in [1.82, 2.24) is 4.98 Å². The molecule has 4 nitrogen and oxygen atoms in total. The van der Waals surface area contributed by atoms with Gasteiger partial charge in [0.25, 0.3) is 0 Å². The standard InChI is InChI=1S/C15H15NO3/c1-9-6-10(2)14(11(3)7-9)19-13-5-4-12(8-16-13)15(17)18/h4-8H,1-3H3,(H,17,18). The number of aromatic carboxylic acids is 1. The fourth-order valence-electron chi connectivity index (χ4n) is 2.00. The van der Waals surface area contributed by atoms with Crippen LogP contribution in [0, 0.1) is 20.8 Å². The number of carboxylic acids is 1. The Morgan fingerprint density at radius 3 is 2.26 bits per heavy atom. The minimum absolute atomic E-state index is 0.143. The maximum atomic E-state index is 10.7. The van der Waals surface area contributed by atoms with Crippen LogP contribution >= 0.6 is 0 Å². The van der Waals surface area contributed by atoms with Crippen LogP contribution in [0.4, 0.5) is 0 Å². The summed E-state index contributed by atoms with van der Waals surface area (Å²) in [4.78, 5) is 14.7. The van der Waals surface area contributed by atoms with E-state index in [9.17, 15) is 4.79 Å². The average Bonchev–Trinajstić information content (AvgIpc) is 2.34. The third-order valence-electron chi connectivity index (χ3n) is 2.79. The van der Waals surface area contributed by atoms with Gasteiger partial charge in [-0.15, -0.1) is 0 Å². The average molecular weight is 257 g/mol. The van der Waals surface area contributed by atoms with Gasteiger partial charge in [0.2, 0.25) is 5.88 Å². The van der Waals surface area contributed by atoms with E-state index >= 15 is 0 Å². The molecule has 1 aromatic carbocycles. The molecule has 0 aliphatic rings. The van der Waals surface area contributed by atoms with E-state index in [0.29, 0.717) is 5.88 Å². The first-order chi connectivity index (χ1) is 8.97. The van der Waals surface area contributed by atoms with Gasteiger partial charge in [-0.25, -0.2) is 9.78 Å². The van der Waals surface area contributed by atoms with E-state index in [0.717, 1.165) is 16.9 Å². The first-order valence-electron chi connectivity index (χ1n) is 5.92. The van der Waals surface area contributed by atoms with Crippen molar-refractivity contribution in [3.05, 3.63) is 52.7 Å². The molecule has 2 rings (SSSR count). The van der Waals surface area contributed by atoms with E-state index in [1.807, 2.05) is 32.9 Å². The van der Waals surface area contributed by atoms with Gasteiger partial charge >= 0.3 is 5.97 Å². The monoisotopic (exact) mass is 257 g/mol. The molecular weight excluding hydrogens is 242 g/mol. The fourth-order valence-corrected chi connectivity index (χ4v) is 2.00. The predicted molar refractivity (Wildman–Crippen MR) is 71.9 cm³/mol. The van der Waals surface area contributed by atoms with Crippen molar-refractivity contribution < 1.29 is 14.6 Å². The zero-order valence-electron chi connectivity index (χ0n) is 11.1. The lowest BCUT2D eigenvalue weighted by molar-refractivity contribution is 0.0696. The second-order valence-corrected chi connectivity index (χ2v) is 4.52. The second-order valence-electron chi connectivity index (χ2n) is 4.52. The summed E-state index contributed by atoms with van der Waals surface area (Å²) in [5, 5.41) is 8.80. The van der Waals surface area contributed by atoms with Crippen LogP contribution in [0.3, 0.4) is 0 Å². The molecule has 98 valence electrons. The SMILES string of the molecule is Cc1cc(C)c(Oc2ccc(C(=O)O)cn2)c(C)c1. The van der Waals surface area contributed by atoms with E-state index in [-0.39, 0.29) is 5.56 Å². The van der Waals surface area contributed by atoms with E-state index in [1.165, 1.54) is 17.8 Å². The minimum atomic E-state index is -0.998. The molecule has 0 radical (unpaired) electrons. The Morgan fingerprint density at radius 2 is 1.79 bits per heavy atom. The van der Waals surface area contributed by atoms with Crippen LogP contribution in [0.25, 0.3) is 0 Å². The molecule has 0 saturated carbocycles. The molecule has 0 atom stereocenters. The molecule has 2 aromatic rings. The number of aryl methyl sites for hydroxylation is 3. The van der Waals surface area contributed by atoms with Crippen LogP contribution in [0.5, 0.6) is 11.6 Å². The summed E-state index contributed by atoms with van der Waals surface area (Å²) in [5.74, 6) is 0.156. The zero-order chi connectivity index (χ0) is 14.0. The molecule has 0 amide bonds. The van der Waals surface area contributed by atoms with Gasteiger partial charge in [0.1, 0.15) is 5.75 Å². The molecular formula is C15H15NO3. The predicted octanol–water partition coefficient (Wildman–Crippen LogP) is 3.50. The first-order valence-corrected chi connectivity index (χ1v) is 5.92. The lowest BCUT2D eigenvalue weighted by Gasteiger charge is -2.12. The Hall–Kier alpha value is -2.36. The lowest BCUT2D eigenvalue weighted by atomic mass is 10.1. The Balaban J connectivity index is 2.29. The largest absolute Gasteiger partial charge is 0.478 e. The summed E-state index contributed by atoms with van der Waals surface area (Å²) < 4.78 is 5.73. The van der Waals surface area contributed by atoms with Gasteiger partial charge in [0.05, 0.1) is 5.56 Å². The highest BCUT2D eigenvalue weighted by Crippen LogP contribution is 2.28. The summed E-state index contributed by atoms with van der Waals surface area (Å²) in [6.45, 7) is 5.98. The van der Waals surface area contributed by atoms with E-state index < -0.39 is 5.97 Å². The molecule has 0 aliphatic heterocycles. The third kappa shape index (κ3) is 2.91. The van der Waals surface area contributed by atoms with Crippen LogP contribution in [-0.4, -0.2) is 16.1 Å². The highest BCUT2D eigenvalue weighted by Gasteiger charge is 2.08. The molecule has 1 aromatic heterocycles. The highest BCUT2D eigenvalue weighted by molar-refractivity contribution is 5.87. The van der Waals surface area contributed by atoms with Gasteiger partial charge in [0.15, 0.2) is 0 Å². The molecule has 4 heteroatoms. The first kappa shape index (κ1) is 13.1. The molecule has 0 spiro atoms. The Labute approximate surface area is 111 Å². The van der Waals surface area contributed by atoms with Crippen molar-refractivity contribution in [1.29, 1.82) is 0 Å². The molecule has 1 N–H and O–H groups in total. The number of hydrogen-bond acceptors (Lipinski definition) is 3. The van der Waals surface area contributed by atoms with Gasteiger partial charge in [0, 0.05) is 12.3 Å². The number of ether oxygens (including phenoxy) is 1. The number of carboxylic acid groups (broad SMARTS) is 1. The van der Waals surface area contributed by atoms with Crippen molar-refractivity contribution in [2.45, 2.75) is 20.8 Å². The lowest BCUT2D eigenvalue weighted by Crippen LogP contribution is -1.98. The summed E-state index contributed by atoms with van der Waals surface area (Å²) >= 11 is 0. The number of aromatic nitrogens is 1. The van der Waals surface area contributed by atoms with E-state index in [1.54, 1.807) is 6.07 Å². The maximum Gasteiger partial charge on any atom is 0.337 e. The summed E-state index contributed by atoms with van der Waals surface area (Å²) in [6, 6.07) is 7.10. The van der Waals surface area contributed by atoms with Crippen molar-refractivity contribution in [2.24, 2.45) is 0 Å². The molecule has 0 aliphatic carbocycles. The van der Waals surface area contributed by atoms with Crippen LogP contribution in [-0.2, 0) is 0 Å². The van der Waals surface area contributed by atoms with Crippen molar-refractivity contribution >= 4 is 5.97 Å². The summed E-state index contributed by atoms with van der Waals surface area (Å²) in [6.07, 6.45) is 1.29. The van der Waals surface area contributed by atoms with Crippen molar-refractivity contribution in [3.8, 4) is 11.6 Å². The summed E-state index contributed by atoms with van der Waals surface area (Å²) in [5.41, 5.74) is 3.38. The molecule has 0 fully saturated rings. The second kappa shape index (κ2) is 5.10. The van der Waals surface area contributed by atoms with Gasteiger partial charge in [-0.3, -0.25) is 0 Å². The van der Waals surface area contributed by atoms with E-state index in [2.05, 4.69) is 4.98 Å².